The van der Waals surface area contributed by atoms with Gasteiger partial charge in [-0.15, -0.1) is 0 Å². The number of nitrogens with zero attached hydrogens (tertiary/aromatic N) is 3. The van der Waals surface area contributed by atoms with Crippen LogP contribution in [0.25, 0.3) is 56.3 Å². The number of benzene rings is 6. The molecule has 2 aromatic heterocycles. The minimum Gasteiger partial charge on any atom is -0.464 e. The molecule has 0 saturated heterocycles. The summed E-state index contributed by atoms with van der Waals surface area (Å²) in [5.74, 6) is 1.96. The Morgan fingerprint density at radius 1 is 0.468 bits per heavy atom. The zero-order chi connectivity index (χ0) is 31.0. The lowest BCUT2D eigenvalue weighted by atomic mass is 9.67. The molecular formula is C42H25N3OS. The second kappa shape index (κ2) is 10.1. The van der Waals surface area contributed by atoms with Crippen molar-refractivity contribution >= 4 is 22.7 Å². The molecule has 6 aromatic carbocycles. The minimum absolute atomic E-state index is 0.544. The molecule has 0 N–H and O–H groups in total. The van der Waals surface area contributed by atoms with Gasteiger partial charge in [-0.2, -0.15) is 0 Å². The Labute approximate surface area is 275 Å². The summed E-state index contributed by atoms with van der Waals surface area (Å²) in [5.41, 5.74) is 10.7. The smallest absolute Gasteiger partial charge is 0.165 e. The van der Waals surface area contributed by atoms with Gasteiger partial charge >= 0.3 is 0 Å². The normalized spacial score (nSPS) is 15.7. The van der Waals surface area contributed by atoms with Crippen LogP contribution in [0.1, 0.15) is 22.3 Å². The zero-order valence-electron chi connectivity index (χ0n) is 25.1. The molecule has 0 saturated carbocycles. The third-order valence-corrected chi connectivity index (χ3v) is 10.7. The van der Waals surface area contributed by atoms with E-state index < -0.39 is 5.41 Å². The Bertz CT molecular complexity index is 2450. The summed E-state index contributed by atoms with van der Waals surface area (Å²) in [6, 6.07) is 51.2. The van der Waals surface area contributed by atoms with Gasteiger partial charge in [0.25, 0.3) is 0 Å². The number of fused-ring (bicyclic) bond motifs is 10. The first-order valence-corrected chi connectivity index (χ1v) is 16.5. The molecule has 1 spiro atoms. The van der Waals surface area contributed by atoms with Crippen LogP contribution in [-0.4, -0.2) is 15.0 Å². The van der Waals surface area contributed by atoms with E-state index in [0.717, 1.165) is 32.6 Å². The van der Waals surface area contributed by atoms with E-state index in [2.05, 4.69) is 109 Å². The predicted molar refractivity (Wildman–Crippen MR) is 187 cm³/mol. The van der Waals surface area contributed by atoms with Gasteiger partial charge in [-0.25, -0.2) is 15.0 Å². The molecule has 2 aliphatic rings. The molecule has 5 heteroatoms. The third kappa shape index (κ3) is 3.81. The SMILES string of the molecule is c1ccc(-c2nc(-c3ccccc3)nc(-c3cccc4c3Sc3ccccc3C43c4ccccc4-c4cc5ccoc5cc43)n2)cc1. The van der Waals surface area contributed by atoms with E-state index in [4.69, 9.17) is 19.4 Å². The standard InChI is InChI=1S/C42H25N3OS/c1-3-12-26(13-4-1)39-43-40(27-14-5-2-6-15-27)45-41(44-39)30-17-11-20-34-38(30)47-37-21-10-9-19-33(37)42(34)32-18-8-7-16-29(32)31-24-28-22-23-46-36(28)25-35(31)42/h1-25H. The van der Waals surface area contributed by atoms with Crippen LogP contribution >= 0.6 is 11.8 Å². The maximum atomic E-state index is 6.02. The van der Waals surface area contributed by atoms with Crippen molar-refractivity contribution in [3.8, 4) is 45.3 Å². The average Bonchev–Trinajstić information content (AvgIpc) is 3.72. The molecule has 1 atom stereocenters. The highest BCUT2D eigenvalue weighted by atomic mass is 32.2. The van der Waals surface area contributed by atoms with E-state index in [1.807, 2.05) is 36.4 Å². The molecule has 8 aromatic rings. The van der Waals surface area contributed by atoms with Crippen molar-refractivity contribution in [3.05, 3.63) is 174 Å². The average molecular weight is 620 g/mol. The number of aromatic nitrogens is 3. The van der Waals surface area contributed by atoms with E-state index in [0.29, 0.717) is 17.5 Å². The fourth-order valence-corrected chi connectivity index (χ4v) is 8.78. The first kappa shape index (κ1) is 26.4. The molecule has 0 bridgehead atoms. The first-order valence-electron chi connectivity index (χ1n) is 15.7. The van der Waals surface area contributed by atoms with Gasteiger partial charge in [0.2, 0.25) is 0 Å². The Hall–Kier alpha value is -5.78. The quantitative estimate of drug-likeness (QED) is 0.197. The summed E-state index contributed by atoms with van der Waals surface area (Å²) in [6.45, 7) is 0. The van der Waals surface area contributed by atoms with Crippen molar-refractivity contribution in [1.82, 2.24) is 15.0 Å². The lowest BCUT2D eigenvalue weighted by Crippen LogP contribution is -2.32. The Kier molecular flexibility index (Phi) is 5.69. The van der Waals surface area contributed by atoms with Gasteiger partial charge in [0, 0.05) is 31.9 Å². The number of hydrogen-bond acceptors (Lipinski definition) is 5. The van der Waals surface area contributed by atoms with Crippen molar-refractivity contribution in [2.75, 3.05) is 0 Å². The lowest BCUT2D eigenvalue weighted by Gasteiger charge is -2.40. The molecule has 10 rings (SSSR count). The van der Waals surface area contributed by atoms with Crippen LogP contribution in [0.2, 0.25) is 0 Å². The molecule has 1 aliphatic carbocycles. The molecule has 220 valence electrons. The van der Waals surface area contributed by atoms with Crippen LogP contribution in [-0.2, 0) is 5.41 Å². The maximum Gasteiger partial charge on any atom is 0.165 e. The molecular weight excluding hydrogens is 595 g/mol. The van der Waals surface area contributed by atoms with Gasteiger partial charge in [0.15, 0.2) is 17.5 Å². The highest BCUT2D eigenvalue weighted by Crippen LogP contribution is 2.63. The highest BCUT2D eigenvalue weighted by Gasteiger charge is 2.51. The highest BCUT2D eigenvalue weighted by molar-refractivity contribution is 7.99. The van der Waals surface area contributed by atoms with Gasteiger partial charge in [0.05, 0.1) is 11.7 Å². The molecule has 3 heterocycles. The third-order valence-electron chi connectivity index (χ3n) is 9.48. The van der Waals surface area contributed by atoms with E-state index in [1.54, 1.807) is 18.0 Å². The predicted octanol–water partition coefficient (Wildman–Crippen LogP) is 10.4. The fraction of sp³-hybridized carbons (Fsp3) is 0.0238. The summed E-state index contributed by atoms with van der Waals surface area (Å²) in [4.78, 5) is 17.6. The van der Waals surface area contributed by atoms with Crippen molar-refractivity contribution in [1.29, 1.82) is 0 Å². The van der Waals surface area contributed by atoms with Gasteiger partial charge in [-0.1, -0.05) is 133 Å². The number of furan rings is 1. The molecule has 0 radical (unpaired) electrons. The van der Waals surface area contributed by atoms with Crippen LogP contribution in [0.5, 0.6) is 0 Å². The van der Waals surface area contributed by atoms with Crippen molar-refractivity contribution in [2.45, 2.75) is 15.2 Å². The Balaban J connectivity index is 1.29. The second-order valence-corrected chi connectivity index (χ2v) is 13.0. The zero-order valence-corrected chi connectivity index (χ0v) is 25.9. The van der Waals surface area contributed by atoms with E-state index >= 15 is 0 Å². The van der Waals surface area contributed by atoms with E-state index in [1.165, 1.54) is 38.3 Å². The summed E-state index contributed by atoms with van der Waals surface area (Å²) >= 11 is 1.80. The largest absolute Gasteiger partial charge is 0.464 e. The number of rotatable bonds is 3. The first-order chi connectivity index (χ1) is 23.3. The summed E-state index contributed by atoms with van der Waals surface area (Å²) < 4.78 is 6.02. The van der Waals surface area contributed by atoms with Crippen LogP contribution < -0.4 is 0 Å². The number of hydrogen-bond donors (Lipinski definition) is 0. The second-order valence-electron chi connectivity index (χ2n) is 12.0. The van der Waals surface area contributed by atoms with Crippen LogP contribution in [0, 0.1) is 0 Å². The van der Waals surface area contributed by atoms with Crippen LogP contribution in [0.15, 0.2) is 166 Å². The van der Waals surface area contributed by atoms with Crippen molar-refractivity contribution in [3.63, 3.8) is 0 Å². The molecule has 47 heavy (non-hydrogen) atoms. The van der Waals surface area contributed by atoms with E-state index in [-0.39, 0.29) is 0 Å². The summed E-state index contributed by atoms with van der Waals surface area (Å²) in [7, 11) is 0. The molecule has 4 nitrogen and oxygen atoms in total. The monoisotopic (exact) mass is 619 g/mol. The fourth-order valence-electron chi connectivity index (χ4n) is 7.48. The van der Waals surface area contributed by atoms with Gasteiger partial charge in [-0.3, -0.25) is 0 Å². The van der Waals surface area contributed by atoms with Crippen LogP contribution in [0.4, 0.5) is 0 Å². The lowest BCUT2D eigenvalue weighted by molar-refractivity contribution is 0.614. The van der Waals surface area contributed by atoms with Gasteiger partial charge in [-0.05, 0) is 57.6 Å². The Morgan fingerprint density at radius 3 is 1.85 bits per heavy atom. The summed E-state index contributed by atoms with van der Waals surface area (Å²) in [6.07, 6.45) is 1.78. The van der Waals surface area contributed by atoms with E-state index in [9.17, 15) is 0 Å². The van der Waals surface area contributed by atoms with Gasteiger partial charge in [0.1, 0.15) is 5.58 Å². The molecule has 0 amide bonds. The topological polar surface area (TPSA) is 51.8 Å². The Morgan fingerprint density at radius 2 is 1.09 bits per heavy atom. The van der Waals surface area contributed by atoms with Gasteiger partial charge < -0.3 is 4.42 Å². The van der Waals surface area contributed by atoms with Crippen molar-refractivity contribution in [2.24, 2.45) is 0 Å². The molecule has 1 aliphatic heterocycles. The maximum absolute atomic E-state index is 6.02. The summed E-state index contributed by atoms with van der Waals surface area (Å²) in [5, 5.41) is 1.11. The van der Waals surface area contributed by atoms with Crippen molar-refractivity contribution < 1.29 is 4.42 Å². The minimum atomic E-state index is -0.544. The molecule has 0 fully saturated rings. The molecule has 1 unspecified atom stereocenters. The van der Waals surface area contributed by atoms with Crippen LogP contribution in [0.3, 0.4) is 0 Å².